The van der Waals surface area contributed by atoms with Crippen LogP contribution in [0.25, 0.3) is 0 Å². The normalized spacial score (nSPS) is 18.8. The maximum Gasteiger partial charge on any atom is 0.425 e. The number of piperidine rings is 1. The number of nitrogens with zero attached hydrogens (tertiary/aromatic N) is 2. The van der Waals surface area contributed by atoms with Crippen molar-refractivity contribution in [3.63, 3.8) is 0 Å². The van der Waals surface area contributed by atoms with E-state index in [9.17, 15) is 18.0 Å². The molecule has 130 valence electrons. The molecule has 0 spiro atoms. The van der Waals surface area contributed by atoms with Crippen LogP contribution in [0.15, 0.2) is 28.6 Å². The fourth-order valence-corrected chi connectivity index (χ4v) is 3.68. The summed E-state index contributed by atoms with van der Waals surface area (Å²) >= 11 is 0.712. The standard InChI is InChI=1S/C15H17F3N4OS/c16-15(17,18)12-10(3-7-24-12)8-21-11-2-1-6-22(9-11)13-14(23)20-5-4-19-13/h3-5,7,11,21H,1-2,6,8-9H2,(H,20,23). The maximum atomic E-state index is 12.9. The highest BCUT2D eigenvalue weighted by molar-refractivity contribution is 7.10. The summed E-state index contributed by atoms with van der Waals surface area (Å²) in [5.74, 6) is 0.357. The molecular weight excluding hydrogens is 341 g/mol. The fraction of sp³-hybridized carbons (Fsp3) is 0.467. The van der Waals surface area contributed by atoms with E-state index in [1.54, 1.807) is 0 Å². The lowest BCUT2D eigenvalue weighted by atomic mass is 10.1. The molecule has 1 atom stereocenters. The van der Waals surface area contributed by atoms with Crippen LogP contribution < -0.4 is 15.8 Å². The Morgan fingerprint density at radius 1 is 1.46 bits per heavy atom. The van der Waals surface area contributed by atoms with E-state index in [0.717, 1.165) is 12.8 Å². The van der Waals surface area contributed by atoms with E-state index in [1.807, 2.05) is 4.90 Å². The molecule has 0 amide bonds. The first-order valence-electron chi connectivity index (χ1n) is 7.61. The number of aromatic amines is 1. The third kappa shape index (κ3) is 3.78. The van der Waals surface area contributed by atoms with Crippen LogP contribution in [-0.2, 0) is 12.7 Å². The van der Waals surface area contributed by atoms with Crippen molar-refractivity contribution in [1.29, 1.82) is 0 Å². The Morgan fingerprint density at radius 3 is 3.04 bits per heavy atom. The van der Waals surface area contributed by atoms with Crippen LogP contribution in [0.5, 0.6) is 0 Å². The molecule has 2 aromatic heterocycles. The lowest BCUT2D eigenvalue weighted by Crippen LogP contribution is -2.47. The average Bonchev–Trinajstić information content (AvgIpc) is 3.02. The van der Waals surface area contributed by atoms with Gasteiger partial charge in [-0.25, -0.2) is 4.98 Å². The second-order valence-electron chi connectivity index (χ2n) is 5.68. The van der Waals surface area contributed by atoms with Gasteiger partial charge in [-0.05, 0) is 29.9 Å². The summed E-state index contributed by atoms with van der Waals surface area (Å²) in [6.07, 6.45) is 0.386. The van der Waals surface area contributed by atoms with E-state index in [4.69, 9.17) is 0 Å². The molecule has 1 aliphatic rings. The molecule has 0 aliphatic carbocycles. The van der Waals surface area contributed by atoms with Gasteiger partial charge in [0.15, 0.2) is 5.82 Å². The summed E-state index contributed by atoms with van der Waals surface area (Å²) in [4.78, 5) is 19.8. The number of nitrogens with one attached hydrogen (secondary N) is 2. The Labute approximate surface area is 140 Å². The number of hydrogen-bond acceptors (Lipinski definition) is 5. The van der Waals surface area contributed by atoms with Gasteiger partial charge in [-0.2, -0.15) is 13.2 Å². The number of hydrogen-bond donors (Lipinski definition) is 2. The second kappa shape index (κ2) is 6.94. The van der Waals surface area contributed by atoms with Crippen LogP contribution >= 0.6 is 11.3 Å². The smallest absolute Gasteiger partial charge is 0.350 e. The molecular formula is C15H17F3N4OS. The van der Waals surface area contributed by atoms with Gasteiger partial charge < -0.3 is 15.2 Å². The SMILES string of the molecule is O=c1[nH]ccnc1N1CCCC(NCc2ccsc2C(F)(F)F)C1. The molecule has 2 N–H and O–H groups in total. The van der Waals surface area contributed by atoms with Gasteiger partial charge in [-0.3, -0.25) is 4.79 Å². The van der Waals surface area contributed by atoms with Crippen LogP contribution in [0.3, 0.4) is 0 Å². The molecule has 3 rings (SSSR count). The molecule has 5 nitrogen and oxygen atoms in total. The lowest BCUT2D eigenvalue weighted by molar-refractivity contribution is -0.134. The third-order valence-corrected chi connectivity index (χ3v) is 5.00. The Morgan fingerprint density at radius 2 is 2.29 bits per heavy atom. The molecule has 0 saturated carbocycles. The molecule has 0 bridgehead atoms. The van der Waals surface area contributed by atoms with Gasteiger partial charge in [-0.1, -0.05) is 0 Å². The molecule has 2 aromatic rings. The van der Waals surface area contributed by atoms with E-state index < -0.39 is 11.1 Å². The predicted octanol–water partition coefficient (Wildman–Crippen LogP) is 2.61. The number of H-pyrrole nitrogens is 1. The quantitative estimate of drug-likeness (QED) is 0.882. The third-order valence-electron chi connectivity index (χ3n) is 4.00. The van der Waals surface area contributed by atoms with Crippen LogP contribution in [0.1, 0.15) is 23.3 Å². The van der Waals surface area contributed by atoms with Gasteiger partial charge in [0.25, 0.3) is 5.56 Å². The van der Waals surface area contributed by atoms with Crippen LogP contribution in [0, 0.1) is 0 Å². The molecule has 9 heteroatoms. The highest BCUT2D eigenvalue weighted by Gasteiger charge is 2.34. The zero-order valence-electron chi connectivity index (χ0n) is 12.8. The van der Waals surface area contributed by atoms with Gasteiger partial charge in [-0.15, -0.1) is 11.3 Å². The number of rotatable bonds is 4. The topological polar surface area (TPSA) is 61.0 Å². The molecule has 3 heterocycles. The summed E-state index contributed by atoms with van der Waals surface area (Å²) < 4.78 is 38.7. The summed E-state index contributed by atoms with van der Waals surface area (Å²) in [5.41, 5.74) is 0.00986. The van der Waals surface area contributed by atoms with Crippen molar-refractivity contribution in [2.75, 3.05) is 18.0 Å². The zero-order chi connectivity index (χ0) is 17.2. The minimum atomic E-state index is -4.31. The van der Waals surface area contributed by atoms with Crippen molar-refractivity contribution in [2.45, 2.75) is 31.6 Å². The number of thiophene rings is 1. The highest BCUT2D eigenvalue weighted by Crippen LogP contribution is 2.36. The van der Waals surface area contributed by atoms with E-state index in [-0.39, 0.29) is 23.7 Å². The van der Waals surface area contributed by atoms with Crippen molar-refractivity contribution < 1.29 is 13.2 Å². The zero-order valence-corrected chi connectivity index (χ0v) is 13.6. The summed E-state index contributed by atoms with van der Waals surface area (Å²) in [6.45, 7) is 1.42. The van der Waals surface area contributed by atoms with Gasteiger partial charge in [0.1, 0.15) is 4.88 Å². The second-order valence-corrected chi connectivity index (χ2v) is 6.60. The molecule has 1 aliphatic heterocycles. The molecule has 1 unspecified atom stereocenters. The van der Waals surface area contributed by atoms with Crippen LogP contribution in [-0.4, -0.2) is 29.1 Å². The Balaban J connectivity index is 1.64. The molecule has 1 saturated heterocycles. The van der Waals surface area contributed by atoms with Crippen molar-refractivity contribution in [1.82, 2.24) is 15.3 Å². The number of aromatic nitrogens is 2. The lowest BCUT2D eigenvalue weighted by Gasteiger charge is -2.33. The summed E-state index contributed by atoms with van der Waals surface area (Å²) in [7, 11) is 0. The number of alkyl halides is 3. The van der Waals surface area contributed by atoms with E-state index in [0.29, 0.717) is 30.2 Å². The first kappa shape index (κ1) is 17.0. The fourth-order valence-electron chi connectivity index (χ4n) is 2.88. The van der Waals surface area contributed by atoms with Crippen molar-refractivity contribution >= 4 is 17.2 Å². The van der Waals surface area contributed by atoms with Crippen molar-refractivity contribution in [3.05, 3.63) is 44.6 Å². The first-order valence-corrected chi connectivity index (χ1v) is 8.48. The molecule has 24 heavy (non-hydrogen) atoms. The minimum absolute atomic E-state index is 0.0149. The summed E-state index contributed by atoms with van der Waals surface area (Å²) in [5, 5.41) is 4.64. The van der Waals surface area contributed by atoms with Gasteiger partial charge >= 0.3 is 6.18 Å². The van der Waals surface area contributed by atoms with Crippen LogP contribution in [0.4, 0.5) is 19.0 Å². The Bertz CT molecular complexity index is 743. The maximum absolute atomic E-state index is 12.9. The Hall–Kier alpha value is -1.87. The highest BCUT2D eigenvalue weighted by atomic mass is 32.1. The minimum Gasteiger partial charge on any atom is -0.350 e. The Kier molecular flexibility index (Phi) is 4.91. The molecule has 0 radical (unpaired) electrons. The first-order chi connectivity index (χ1) is 11.4. The van der Waals surface area contributed by atoms with E-state index in [2.05, 4.69) is 15.3 Å². The number of halogens is 3. The van der Waals surface area contributed by atoms with E-state index >= 15 is 0 Å². The monoisotopic (exact) mass is 358 g/mol. The predicted molar refractivity (Wildman–Crippen MR) is 86.3 cm³/mol. The van der Waals surface area contributed by atoms with E-state index in [1.165, 1.54) is 23.8 Å². The van der Waals surface area contributed by atoms with Crippen molar-refractivity contribution in [2.24, 2.45) is 0 Å². The number of anilines is 1. The van der Waals surface area contributed by atoms with Gasteiger partial charge in [0.05, 0.1) is 0 Å². The molecule has 0 aromatic carbocycles. The van der Waals surface area contributed by atoms with Crippen molar-refractivity contribution in [3.8, 4) is 0 Å². The summed E-state index contributed by atoms with van der Waals surface area (Å²) in [6, 6.07) is 1.52. The molecule has 1 fully saturated rings. The largest absolute Gasteiger partial charge is 0.425 e. The van der Waals surface area contributed by atoms with Crippen LogP contribution in [0.2, 0.25) is 0 Å². The van der Waals surface area contributed by atoms with Gasteiger partial charge in [0, 0.05) is 38.1 Å². The van der Waals surface area contributed by atoms with Gasteiger partial charge in [0.2, 0.25) is 0 Å². The average molecular weight is 358 g/mol.